The van der Waals surface area contributed by atoms with Crippen molar-refractivity contribution in [2.75, 3.05) is 12.4 Å². The second-order valence-corrected chi connectivity index (χ2v) is 7.16. The van der Waals surface area contributed by atoms with E-state index in [0.717, 1.165) is 53.8 Å². The van der Waals surface area contributed by atoms with E-state index in [0.29, 0.717) is 17.9 Å². The first kappa shape index (κ1) is 18.4. The molecule has 2 aromatic heterocycles. The van der Waals surface area contributed by atoms with E-state index >= 15 is 0 Å². The predicted molar refractivity (Wildman–Crippen MR) is 113 cm³/mol. The van der Waals surface area contributed by atoms with Crippen molar-refractivity contribution in [1.82, 2.24) is 15.0 Å². The minimum absolute atomic E-state index is 0.317. The molecule has 6 nitrogen and oxygen atoms in total. The van der Waals surface area contributed by atoms with Crippen LogP contribution in [0.3, 0.4) is 0 Å². The van der Waals surface area contributed by atoms with E-state index in [2.05, 4.69) is 10.3 Å². The molecule has 3 N–H and O–H groups in total. The number of rotatable bonds is 5. The van der Waals surface area contributed by atoms with Crippen LogP contribution in [0.5, 0.6) is 5.75 Å². The van der Waals surface area contributed by atoms with Crippen molar-refractivity contribution in [2.24, 2.45) is 5.73 Å². The Hall–Kier alpha value is -2.99. The van der Waals surface area contributed by atoms with Crippen LogP contribution in [-0.4, -0.2) is 34.1 Å². The number of nitrogens with zero attached hydrogens (tertiary/aromatic N) is 3. The first-order valence-corrected chi connectivity index (χ1v) is 9.68. The fraction of sp³-hybridized carbons (Fsp3) is 0.318. The van der Waals surface area contributed by atoms with Crippen molar-refractivity contribution in [3.8, 4) is 5.75 Å². The SMILES string of the molecule is COc1ccc2nc(C=Cc3ccccn3)nc(NC3CCC(N)CC3)c2c1. The van der Waals surface area contributed by atoms with Gasteiger partial charge in [0.05, 0.1) is 18.3 Å². The molecule has 3 aromatic rings. The summed E-state index contributed by atoms with van der Waals surface area (Å²) in [6, 6.07) is 12.4. The van der Waals surface area contributed by atoms with E-state index in [9.17, 15) is 0 Å². The minimum atomic E-state index is 0.317. The first-order valence-electron chi connectivity index (χ1n) is 9.68. The lowest BCUT2D eigenvalue weighted by Gasteiger charge is -2.27. The molecule has 28 heavy (non-hydrogen) atoms. The van der Waals surface area contributed by atoms with Gasteiger partial charge in [-0.05, 0) is 68.2 Å². The summed E-state index contributed by atoms with van der Waals surface area (Å²) < 4.78 is 5.39. The number of nitrogens with two attached hydrogens (primary N) is 1. The van der Waals surface area contributed by atoms with Gasteiger partial charge in [0.15, 0.2) is 5.82 Å². The van der Waals surface area contributed by atoms with Gasteiger partial charge in [-0.3, -0.25) is 4.98 Å². The van der Waals surface area contributed by atoms with Crippen LogP contribution in [0.2, 0.25) is 0 Å². The van der Waals surface area contributed by atoms with Gasteiger partial charge in [-0.2, -0.15) is 0 Å². The number of pyridine rings is 1. The third-order valence-corrected chi connectivity index (χ3v) is 5.12. The Balaban J connectivity index is 1.68. The second-order valence-electron chi connectivity index (χ2n) is 7.16. The van der Waals surface area contributed by atoms with Gasteiger partial charge in [0.25, 0.3) is 0 Å². The molecule has 1 aliphatic carbocycles. The van der Waals surface area contributed by atoms with Crippen molar-refractivity contribution in [3.63, 3.8) is 0 Å². The van der Waals surface area contributed by atoms with Gasteiger partial charge >= 0.3 is 0 Å². The summed E-state index contributed by atoms with van der Waals surface area (Å²) in [5.74, 6) is 2.28. The number of hydrogen-bond acceptors (Lipinski definition) is 6. The van der Waals surface area contributed by atoms with E-state index in [4.69, 9.17) is 20.4 Å². The monoisotopic (exact) mass is 375 g/mol. The molecule has 0 unspecified atom stereocenters. The zero-order valence-corrected chi connectivity index (χ0v) is 16.0. The molecule has 4 rings (SSSR count). The minimum Gasteiger partial charge on any atom is -0.497 e. The molecule has 1 fully saturated rings. The Labute approximate surface area is 164 Å². The van der Waals surface area contributed by atoms with Gasteiger partial charge in [0.1, 0.15) is 11.6 Å². The van der Waals surface area contributed by atoms with Crippen LogP contribution in [0, 0.1) is 0 Å². The number of anilines is 1. The molecule has 1 aliphatic rings. The number of aromatic nitrogens is 3. The normalized spacial score (nSPS) is 19.8. The smallest absolute Gasteiger partial charge is 0.155 e. The number of ether oxygens (including phenoxy) is 1. The highest BCUT2D eigenvalue weighted by atomic mass is 16.5. The van der Waals surface area contributed by atoms with Gasteiger partial charge in [0.2, 0.25) is 0 Å². The van der Waals surface area contributed by atoms with Crippen molar-refractivity contribution >= 4 is 28.9 Å². The van der Waals surface area contributed by atoms with Crippen LogP contribution in [0.15, 0.2) is 42.6 Å². The van der Waals surface area contributed by atoms with Crippen LogP contribution in [-0.2, 0) is 0 Å². The summed E-state index contributed by atoms with van der Waals surface area (Å²) in [5.41, 5.74) is 7.81. The van der Waals surface area contributed by atoms with Crippen LogP contribution in [0.4, 0.5) is 5.82 Å². The van der Waals surface area contributed by atoms with Crippen LogP contribution in [0.1, 0.15) is 37.2 Å². The second kappa shape index (κ2) is 8.35. The van der Waals surface area contributed by atoms with E-state index in [1.54, 1.807) is 13.3 Å². The lowest BCUT2D eigenvalue weighted by molar-refractivity contribution is 0.410. The number of fused-ring (bicyclic) bond motifs is 1. The summed E-state index contributed by atoms with van der Waals surface area (Å²) in [6.45, 7) is 0. The third kappa shape index (κ3) is 4.28. The number of nitrogens with one attached hydrogen (secondary N) is 1. The van der Waals surface area contributed by atoms with Gasteiger partial charge < -0.3 is 15.8 Å². The molecule has 2 heterocycles. The Kier molecular flexibility index (Phi) is 5.48. The highest BCUT2D eigenvalue weighted by molar-refractivity contribution is 5.91. The highest BCUT2D eigenvalue weighted by Gasteiger charge is 2.20. The molecule has 0 spiro atoms. The maximum atomic E-state index is 6.05. The topological polar surface area (TPSA) is 86.0 Å². The van der Waals surface area contributed by atoms with Crippen LogP contribution < -0.4 is 15.8 Å². The average Bonchev–Trinajstić information content (AvgIpc) is 2.74. The number of hydrogen-bond donors (Lipinski definition) is 2. The molecule has 6 heteroatoms. The highest BCUT2D eigenvalue weighted by Crippen LogP contribution is 2.28. The Bertz CT molecular complexity index is 965. The summed E-state index contributed by atoms with van der Waals surface area (Å²) in [4.78, 5) is 13.8. The van der Waals surface area contributed by atoms with E-state index in [1.807, 2.05) is 48.6 Å². The predicted octanol–water partition coefficient (Wildman–Crippen LogP) is 3.89. The molecular formula is C22H25N5O. The first-order chi connectivity index (χ1) is 13.7. The number of benzene rings is 1. The van der Waals surface area contributed by atoms with Crippen molar-refractivity contribution < 1.29 is 4.74 Å². The van der Waals surface area contributed by atoms with E-state index in [1.165, 1.54) is 0 Å². The fourth-order valence-electron chi connectivity index (χ4n) is 3.53. The van der Waals surface area contributed by atoms with Crippen molar-refractivity contribution in [1.29, 1.82) is 0 Å². The van der Waals surface area contributed by atoms with E-state index in [-0.39, 0.29) is 0 Å². The molecule has 0 saturated heterocycles. The maximum Gasteiger partial charge on any atom is 0.155 e. The largest absolute Gasteiger partial charge is 0.497 e. The van der Waals surface area contributed by atoms with Gasteiger partial charge in [-0.15, -0.1) is 0 Å². The zero-order chi connectivity index (χ0) is 19.3. The Morgan fingerprint density at radius 1 is 1.07 bits per heavy atom. The lowest BCUT2D eigenvalue weighted by atomic mass is 9.92. The summed E-state index contributed by atoms with van der Waals surface area (Å²) in [7, 11) is 1.67. The Morgan fingerprint density at radius 2 is 1.93 bits per heavy atom. The number of methoxy groups -OCH3 is 1. The molecule has 0 aliphatic heterocycles. The maximum absolute atomic E-state index is 6.05. The Morgan fingerprint density at radius 3 is 2.68 bits per heavy atom. The van der Waals surface area contributed by atoms with Gasteiger partial charge in [0, 0.05) is 23.7 Å². The molecule has 0 radical (unpaired) electrons. The van der Waals surface area contributed by atoms with Crippen molar-refractivity contribution in [2.45, 2.75) is 37.8 Å². The average molecular weight is 375 g/mol. The van der Waals surface area contributed by atoms with Crippen LogP contribution in [0.25, 0.3) is 23.1 Å². The molecular weight excluding hydrogens is 350 g/mol. The third-order valence-electron chi connectivity index (χ3n) is 5.12. The van der Waals surface area contributed by atoms with Crippen LogP contribution >= 0.6 is 0 Å². The molecule has 144 valence electrons. The summed E-state index contributed by atoms with van der Waals surface area (Å²) in [6.07, 6.45) is 9.77. The quantitative estimate of drug-likeness (QED) is 0.704. The lowest BCUT2D eigenvalue weighted by Crippen LogP contribution is -2.33. The molecule has 0 amide bonds. The zero-order valence-electron chi connectivity index (χ0n) is 16.0. The van der Waals surface area contributed by atoms with E-state index < -0.39 is 0 Å². The molecule has 1 saturated carbocycles. The molecule has 0 bridgehead atoms. The molecule has 0 atom stereocenters. The molecule has 1 aromatic carbocycles. The summed E-state index contributed by atoms with van der Waals surface area (Å²) in [5, 5.41) is 4.58. The standard InChI is InChI=1S/C22H25N5O/c1-28-18-10-11-20-19(14-18)22(25-17-7-5-15(23)6-8-17)27-21(26-20)12-9-16-4-2-3-13-24-16/h2-4,9-15,17H,5-8,23H2,1H3,(H,25,26,27). The van der Waals surface area contributed by atoms with Gasteiger partial charge in [-0.1, -0.05) is 6.07 Å². The fourth-order valence-corrected chi connectivity index (χ4v) is 3.53. The van der Waals surface area contributed by atoms with Gasteiger partial charge in [-0.25, -0.2) is 9.97 Å². The summed E-state index contributed by atoms with van der Waals surface area (Å²) >= 11 is 0. The van der Waals surface area contributed by atoms with Crippen molar-refractivity contribution in [3.05, 3.63) is 54.1 Å².